The summed E-state index contributed by atoms with van der Waals surface area (Å²) in [4.78, 5) is 32.3. The Morgan fingerprint density at radius 3 is 2.12 bits per heavy atom. The molecule has 0 atom stereocenters. The number of piperidine rings is 1. The van der Waals surface area contributed by atoms with E-state index < -0.39 is 16.8 Å². The maximum absolute atomic E-state index is 11.9. The van der Waals surface area contributed by atoms with Gasteiger partial charge in [-0.05, 0) is 48.2 Å². The Bertz CT molecular complexity index is 1140. The lowest BCUT2D eigenvalue weighted by Crippen LogP contribution is -2.37. The number of benzene rings is 2. The molecule has 33 heavy (non-hydrogen) atoms. The lowest BCUT2D eigenvalue weighted by atomic mass is 9.97. The van der Waals surface area contributed by atoms with E-state index in [1.807, 2.05) is 36.4 Å². The van der Waals surface area contributed by atoms with Gasteiger partial charge in [0, 0.05) is 13.1 Å². The number of nitrogens with zero attached hydrogens (tertiary/aromatic N) is 4. The average Bonchev–Trinajstić information content (AvgIpc) is 2.84. The lowest BCUT2D eigenvalue weighted by Gasteiger charge is -2.30. The van der Waals surface area contributed by atoms with Gasteiger partial charge >= 0.3 is 17.5 Å². The molecule has 1 aliphatic rings. The predicted molar refractivity (Wildman–Crippen MR) is 120 cm³/mol. The third-order valence-electron chi connectivity index (χ3n) is 5.59. The predicted octanol–water partition coefficient (Wildman–Crippen LogP) is 4.15. The smallest absolute Gasteiger partial charge is 0.373 e. The SMILES string of the molecule is COc1ccc(-c2ccc(Oc3ncnc(N4CCC(C(=O)O)CC4)c3[N+](=O)[O-])cc2)cc1. The molecule has 1 fully saturated rings. The van der Waals surface area contributed by atoms with Crippen LogP contribution in [-0.2, 0) is 4.79 Å². The van der Waals surface area contributed by atoms with E-state index >= 15 is 0 Å². The van der Waals surface area contributed by atoms with Crippen LogP contribution < -0.4 is 14.4 Å². The highest BCUT2D eigenvalue weighted by Gasteiger charge is 2.32. The van der Waals surface area contributed by atoms with Gasteiger partial charge in [0.25, 0.3) is 0 Å². The van der Waals surface area contributed by atoms with Crippen LogP contribution in [-0.4, -0.2) is 46.2 Å². The zero-order valence-corrected chi connectivity index (χ0v) is 17.9. The summed E-state index contributed by atoms with van der Waals surface area (Å²) < 4.78 is 10.9. The van der Waals surface area contributed by atoms with Crippen molar-refractivity contribution < 1.29 is 24.3 Å². The summed E-state index contributed by atoms with van der Waals surface area (Å²) in [5, 5.41) is 21.0. The highest BCUT2D eigenvalue weighted by atomic mass is 16.6. The fourth-order valence-electron chi connectivity index (χ4n) is 3.77. The van der Waals surface area contributed by atoms with E-state index in [4.69, 9.17) is 9.47 Å². The molecule has 0 unspecified atom stereocenters. The van der Waals surface area contributed by atoms with Gasteiger partial charge < -0.3 is 19.5 Å². The second kappa shape index (κ2) is 9.51. The van der Waals surface area contributed by atoms with Crippen LogP contribution in [0.4, 0.5) is 11.5 Å². The Balaban J connectivity index is 1.55. The number of methoxy groups -OCH3 is 1. The number of hydrogen-bond acceptors (Lipinski definition) is 8. The number of aromatic nitrogens is 2. The first kappa shape index (κ1) is 22.0. The summed E-state index contributed by atoms with van der Waals surface area (Å²) in [6.07, 6.45) is 1.99. The Kier molecular flexibility index (Phi) is 6.34. The third-order valence-corrected chi connectivity index (χ3v) is 5.59. The van der Waals surface area contributed by atoms with Crippen LogP contribution in [0.25, 0.3) is 11.1 Å². The van der Waals surface area contributed by atoms with Gasteiger partial charge in [-0.2, -0.15) is 4.98 Å². The van der Waals surface area contributed by atoms with E-state index in [9.17, 15) is 20.0 Å². The van der Waals surface area contributed by atoms with Gasteiger partial charge in [0.15, 0.2) is 0 Å². The summed E-state index contributed by atoms with van der Waals surface area (Å²) in [7, 11) is 1.61. The summed E-state index contributed by atoms with van der Waals surface area (Å²) in [5.41, 5.74) is 1.59. The molecule has 1 saturated heterocycles. The Labute approximate surface area is 189 Å². The molecule has 170 valence electrons. The number of anilines is 1. The van der Waals surface area contributed by atoms with E-state index in [1.54, 1.807) is 24.1 Å². The number of carboxylic acids is 1. The fraction of sp³-hybridized carbons (Fsp3) is 0.261. The van der Waals surface area contributed by atoms with E-state index in [-0.39, 0.29) is 17.4 Å². The number of carboxylic acid groups (broad SMARTS) is 1. The molecular weight excluding hydrogens is 428 g/mol. The highest BCUT2D eigenvalue weighted by Crippen LogP contribution is 2.38. The van der Waals surface area contributed by atoms with Crippen molar-refractivity contribution in [3.8, 4) is 28.5 Å². The number of hydrogen-bond donors (Lipinski definition) is 1. The molecule has 1 N–H and O–H groups in total. The maximum Gasteiger partial charge on any atom is 0.373 e. The van der Waals surface area contributed by atoms with E-state index in [0.717, 1.165) is 16.9 Å². The van der Waals surface area contributed by atoms with Crippen LogP contribution in [0.1, 0.15) is 12.8 Å². The molecule has 10 heteroatoms. The van der Waals surface area contributed by atoms with Crippen LogP contribution in [0, 0.1) is 16.0 Å². The summed E-state index contributed by atoms with van der Waals surface area (Å²) in [6.45, 7) is 0.704. The van der Waals surface area contributed by atoms with E-state index in [2.05, 4.69) is 9.97 Å². The van der Waals surface area contributed by atoms with Gasteiger partial charge in [0.05, 0.1) is 18.0 Å². The maximum atomic E-state index is 11.9. The first-order valence-corrected chi connectivity index (χ1v) is 10.4. The van der Waals surface area contributed by atoms with Crippen molar-refractivity contribution in [2.75, 3.05) is 25.1 Å². The van der Waals surface area contributed by atoms with Crippen molar-refractivity contribution in [1.82, 2.24) is 9.97 Å². The minimum Gasteiger partial charge on any atom is -0.497 e. The minimum absolute atomic E-state index is 0.128. The molecule has 0 radical (unpaired) electrons. The number of ether oxygens (including phenoxy) is 2. The zero-order valence-electron chi connectivity index (χ0n) is 17.9. The molecule has 0 spiro atoms. The van der Waals surface area contributed by atoms with E-state index in [1.165, 1.54) is 6.33 Å². The molecule has 3 aromatic rings. The summed E-state index contributed by atoms with van der Waals surface area (Å²) in [6, 6.07) is 14.7. The van der Waals surface area contributed by atoms with Crippen molar-refractivity contribution in [2.45, 2.75) is 12.8 Å². The molecule has 2 heterocycles. The molecule has 0 amide bonds. The quantitative estimate of drug-likeness (QED) is 0.417. The van der Waals surface area contributed by atoms with Gasteiger partial charge in [0.1, 0.15) is 17.8 Å². The van der Waals surface area contributed by atoms with Crippen molar-refractivity contribution in [3.63, 3.8) is 0 Å². The Hall–Kier alpha value is -4.21. The number of carbonyl (C=O) groups is 1. The second-order valence-corrected chi connectivity index (χ2v) is 7.56. The van der Waals surface area contributed by atoms with Crippen LogP contribution in [0.5, 0.6) is 17.4 Å². The van der Waals surface area contributed by atoms with Crippen LogP contribution >= 0.6 is 0 Å². The molecule has 0 saturated carbocycles. The summed E-state index contributed by atoms with van der Waals surface area (Å²) >= 11 is 0. The van der Waals surface area contributed by atoms with Crippen LogP contribution in [0.15, 0.2) is 54.9 Å². The van der Waals surface area contributed by atoms with Gasteiger partial charge in [-0.3, -0.25) is 14.9 Å². The number of rotatable bonds is 7. The standard InChI is InChI=1S/C23H22N4O6/c1-32-18-6-2-15(3-7-18)16-4-8-19(9-5-16)33-22-20(27(30)31)21(24-14-25-22)26-12-10-17(11-13-26)23(28)29/h2-9,14,17H,10-13H2,1H3,(H,28,29). The minimum atomic E-state index is -0.853. The summed E-state index contributed by atoms with van der Waals surface area (Å²) in [5.74, 6) is -0.190. The highest BCUT2D eigenvalue weighted by molar-refractivity contribution is 5.71. The molecule has 10 nitrogen and oxygen atoms in total. The molecule has 4 rings (SSSR count). The lowest BCUT2D eigenvalue weighted by molar-refractivity contribution is -0.385. The molecule has 0 aliphatic carbocycles. The largest absolute Gasteiger partial charge is 0.497 e. The van der Waals surface area contributed by atoms with Crippen LogP contribution in [0.3, 0.4) is 0 Å². The molecular formula is C23H22N4O6. The normalized spacial score (nSPS) is 14.0. The fourth-order valence-corrected chi connectivity index (χ4v) is 3.77. The third kappa shape index (κ3) is 4.84. The number of aliphatic carboxylic acids is 1. The Morgan fingerprint density at radius 1 is 1.03 bits per heavy atom. The first-order valence-electron chi connectivity index (χ1n) is 10.4. The monoisotopic (exact) mass is 450 g/mol. The molecule has 0 bridgehead atoms. The number of nitro groups is 1. The van der Waals surface area contributed by atoms with Crippen molar-refractivity contribution >= 4 is 17.5 Å². The second-order valence-electron chi connectivity index (χ2n) is 7.56. The Morgan fingerprint density at radius 2 is 1.61 bits per heavy atom. The zero-order chi connectivity index (χ0) is 23.4. The van der Waals surface area contributed by atoms with Crippen molar-refractivity contribution in [2.24, 2.45) is 5.92 Å². The van der Waals surface area contributed by atoms with Gasteiger partial charge in [-0.15, -0.1) is 0 Å². The van der Waals surface area contributed by atoms with Gasteiger partial charge in [-0.1, -0.05) is 24.3 Å². The first-order chi connectivity index (χ1) is 16.0. The van der Waals surface area contributed by atoms with Gasteiger partial charge in [-0.25, -0.2) is 4.98 Å². The topological polar surface area (TPSA) is 128 Å². The molecule has 1 aromatic heterocycles. The van der Waals surface area contributed by atoms with E-state index in [0.29, 0.717) is 31.7 Å². The van der Waals surface area contributed by atoms with Crippen molar-refractivity contribution in [1.29, 1.82) is 0 Å². The van der Waals surface area contributed by atoms with Gasteiger partial charge in [0.2, 0.25) is 5.82 Å². The van der Waals surface area contributed by atoms with Crippen molar-refractivity contribution in [3.05, 3.63) is 65.0 Å². The average molecular weight is 450 g/mol. The van der Waals surface area contributed by atoms with Crippen LogP contribution in [0.2, 0.25) is 0 Å². The molecule has 1 aliphatic heterocycles. The molecule has 2 aromatic carbocycles.